The highest BCUT2D eigenvalue weighted by atomic mass is 32.2. The zero-order valence-electron chi connectivity index (χ0n) is 15.6. The van der Waals surface area contributed by atoms with Crippen molar-refractivity contribution in [3.8, 4) is 6.07 Å². The summed E-state index contributed by atoms with van der Waals surface area (Å²) in [5, 5.41) is 17.0. The first-order valence-corrected chi connectivity index (χ1v) is 10.1. The number of amides is 2. The molecule has 1 heterocycles. The molecule has 0 saturated heterocycles. The molecule has 3 rings (SSSR count). The Morgan fingerprint density at radius 3 is 2.72 bits per heavy atom. The van der Waals surface area contributed by atoms with Gasteiger partial charge < -0.3 is 5.32 Å². The monoisotopic (exact) mass is 410 g/mol. The topological polar surface area (TPSA) is 85.6 Å². The van der Waals surface area contributed by atoms with Crippen LogP contribution in [0.25, 0.3) is 0 Å². The summed E-state index contributed by atoms with van der Waals surface area (Å²) in [5.41, 5.74) is 1.64. The van der Waals surface area contributed by atoms with Gasteiger partial charge in [-0.15, -0.1) is 11.8 Å². The molecule has 29 heavy (non-hydrogen) atoms. The van der Waals surface area contributed by atoms with E-state index in [2.05, 4.69) is 16.5 Å². The largest absolute Gasteiger partial charge is 0.320 e. The molecular formula is C21H19FN4O2S. The molecule has 2 aromatic rings. The van der Waals surface area contributed by atoms with E-state index in [0.717, 1.165) is 10.5 Å². The lowest BCUT2D eigenvalue weighted by atomic mass is 10.1. The van der Waals surface area contributed by atoms with Gasteiger partial charge in [-0.25, -0.2) is 9.40 Å². The van der Waals surface area contributed by atoms with Crippen molar-refractivity contribution in [3.63, 3.8) is 0 Å². The number of nitrogens with one attached hydrogen (secondary N) is 1. The lowest BCUT2D eigenvalue weighted by Crippen LogP contribution is -2.36. The van der Waals surface area contributed by atoms with Crippen LogP contribution in [0.2, 0.25) is 0 Å². The number of benzene rings is 2. The standard InChI is InChI=1S/C21H19FN4O2S/c22-16-8-6-15(7-9-16)14-26-20(27)11-10-18(25-26)21(28)24-17-4-1-2-5-19(17)29-13-3-12-23/h1-2,4-9H,3,10-11,13-14H2,(H,24,28). The van der Waals surface area contributed by atoms with Gasteiger partial charge in [0.25, 0.3) is 5.91 Å². The predicted octanol–water partition coefficient (Wildman–Crippen LogP) is 3.95. The number of carbonyl (C=O) groups is 2. The second kappa shape index (κ2) is 9.85. The molecule has 0 aromatic heterocycles. The smallest absolute Gasteiger partial charge is 0.271 e. The van der Waals surface area contributed by atoms with Crippen molar-refractivity contribution in [1.29, 1.82) is 5.26 Å². The van der Waals surface area contributed by atoms with Gasteiger partial charge in [0, 0.05) is 29.9 Å². The van der Waals surface area contributed by atoms with Gasteiger partial charge in [-0.05, 0) is 29.8 Å². The summed E-state index contributed by atoms with van der Waals surface area (Å²) >= 11 is 1.49. The molecule has 0 radical (unpaired) electrons. The third kappa shape index (κ3) is 5.65. The van der Waals surface area contributed by atoms with Gasteiger partial charge in [-0.2, -0.15) is 10.4 Å². The van der Waals surface area contributed by atoms with Crippen molar-refractivity contribution in [1.82, 2.24) is 5.01 Å². The zero-order valence-corrected chi connectivity index (χ0v) is 16.4. The number of rotatable bonds is 7. The van der Waals surface area contributed by atoms with Crippen molar-refractivity contribution in [3.05, 3.63) is 59.9 Å². The Morgan fingerprint density at radius 1 is 1.21 bits per heavy atom. The number of para-hydroxylation sites is 1. The van der Waals surface area contributed by atoms with Gasteiger partial charge in [0.15, 0.2) is 0 Å². The van der Waals surface area contributed by atoms with Crippen molar-refractivity contribution in [2.24, 2.45) is 5.10 Å². The molecule has 0 unspecified atom stereocenters. The van der Waals surface area contributed by atoms with E-state index >= 15 is 0 Å². The van der Waals surface area contributed by atoms with Crippen LogP contribution in [0.4, 0.5) is 10.1 Å². The number of hydrazone groups is 1. The summed E-state index contributed by atoms with van der Waals surface area (Å²) in [4.78, 5) is 25.8. The van der Waals surface area contributed by atoms with E-state index in [-0.39, 0.29) is 42.7 Å². The number of carbonyl (C=O) groups excluding carboxylic acids is 2. The normalized spacial score (nSPS) is 13.6. The number of hydrogen-bond acceptors (Lipinski definition) is 5. The predicted molar refractivity (Wildman–Crippen MR) is 110 cm³/mol. The Bertz CT molecular complexity index is 969. The van der Waals surface area contributed by atoms with Crippen LogP contribution >= 0.6 is 11.8 Å². The molecule has 0 spiro atoms. The molecule has 1 N–H and O–H groups in total. The number of nitriles is 1. The van der Waals surface area contributed by atoms with E-state index in [1.165, 1.54) is 28.9 Å². The third-order valence-corrected chi connectivity index (χ3v) is 5.29. The Hall–Kier alpha value is -3.18. The molecule has 2 aromatic carbocycles. The van der Waals surface area contributed by atoms with Crippen LogP contribution in [0.3, 0.4) is 0 Å². The second-order valence-electron chi connectivity index (χ2n) is 6.33. The Labute approximate surface area is 172 Å². The van der Waals surface area contributed by atoms with Crippen LogP contribution in [0, 0.1) is 17.1 Å². The second-order valence-corrected chi connectivity index (χ2v) is 7.47. The lowest BCUT2D eigenvalue weighted by Gasteiger charge is -2.23. The molecule has 8 heteroatoms. The molecule has 0 bridgehead atoms. The summed E-state index contributed by atoms with van der Waals surface area (Å²) in [6.45, 7) is 0.177. The molecule has 0 aliphatic carbocycles. The minimum atomic E-state index is -0.366. The Balaban J connectivity index is 1.71. The van der Waals surface area contributed by atoms with Crippen molar-refractivity contribution < 1.29 is 14.0 Å². The molecule has 0 fully saturated rings. The summed E-state index contributed by atoms with van der Waals surface area (Å²) in [6.07, 6.45) is 0.862. The minimum Gasteiger partial charge on any atom is -0.320 e. The molecular weight excluding hydrogens is 391 g/mol. The summed E-state index contributed by atoms with van der Waals surface area (Å²) in [5.74, 6) is -0.272. The number of anilines is 1. The van der Waals surface area contributed by atoms with E-state index in [1.807, 2.05) is 18.2 Å². The van der Waals surface area contributed by atoms with Gasteiger partial charge in [-0.3, -0.25) is 9.59 Å². The molecule has 1 aliphatic rings. The molecule has 1 aliphatic heterocycles. The number of hydrogen-bond donors (Lipinski definition) is 1. The van der Waals surface area contributed by atoms with Crippen LogP contribution < -0.4 is 5.32 Å². The van der Waals surface area contributed by atoms with Gasteiger partial charge in [0.2, 0.25) is 5.91 Å². The van der Waals surface area contributed by atoms with Crippen molar-refractivity contribution >= 4 is 35.0 Å². The third-order valence-electron chi connectivity index (χ3n) is 4.22. The highest BCUT2D eigenvalue weighted by Gasteiger charge is 2.25. The quantitative estimate of drug-likeness (QED) is 0.553. The van der Waals surface area contributed by atoms with Gasteiger partial charge in [-0.1, -0.05) is 24.3 Å². The number of nitrogens with zero attached hydrogens (tertiary/aromatic N) is 3. The summed E-state index contributed by atoms with van der Waals surface area (Å²) in [6, 6.07) is 15.3. The summed E-state index contributed by atoms with van der Waals surface area (Å²) in [7, 11) is 0. The summed E-state index contributed by atoms with van der Waals surface area (Å²) < 4.78 is 13.1. The SMILES string of the molecule is N#CCCSc1ccccc1NC(=O)C1=NN(Cc2ccc(F)cc2)C(=O)CC1. The molecule has 0 atom stereocenters. The van der Waals surface area contributed by atoms with E-state index in [1.54, 1.807) is 18.2 Å². The van der Waals surface area contributed by atoms with E-state index in [0.29, 0.717) is 17.9 Å². The first-order chi connectivity index (χ1) is 14.1. The Kier molecular flexibility index (Phi) is 6.98. The van der Waals surface area contributed by atoms with Gasteiger partial charge in [0.05, 0.1) is 18.3 Å². The van der Waals surface area contributed by atoms with Gasteiger partial charge in [0.1, 0.15) is 11.5 Å². The van der Waals surface area contributed by atoms with E-state index in [4.69, 9.17) is 5.26 Å². The van der Waals surface area contributed by atoms with E-state index in [9.17, 15) is 14.0 Å². The van der Waals surface area contributed by atoms with E-state index < -0.39 is 0 Å². The highest BCUT2D eigenvalue weighted by Crippen LogP contribution is 2.27. The van der Waals surface area contributed by atoms with Crippen LogP contribution in [-0.2, 0) is 16.1 Å². The average Bonchev–Trinajstić information content (AvgIpc) is 2.72. The van der Waals surface area contributed by atoms with Crippen LogP contribution in [0.15, 0.2) is 58.5 Å². The molecule has 6 nitrogen and oxygen atoms in total. The Morgan fingerprint density at radius 2 is 1.97 bits per heavy atom. The van der Waals surface area contributed by atoms with Crippen LogP contribution in [-0.4, -0.2) is 28.3 Å². The maximum Gasteiger partial charge on any atom is 0.271 e. The fraction of sp³-hybridized carbons (Fsp3) is 0.238. The first-order valence-electron chi connectivity index (χ1n) is 9.09. The molecule has 2 amide bonds. The van der Waals surface area contributed by atoms with Gasteiger partial charge >= 0.3 is 0 Å². The maximum absolute atomic E-state index is 13.1. The number of thioether (sulfide) groups is 1. The van der Waals surface area contributed by atoms with Crippen molar-refractivity contribution in [2.45, 2.75) is 30.7 Å². The van der Waals surface area contributed by atoms with Crippen LogP contribution in [0.1, 0.15) is 24.8 Å². The fourth-order valence-corrected chi connectivity index (χ4v) is 3.61. The van der Waals surface area contributed by atoms with Crippen LogP contribution in [0.5, 0.6) is 0 Å². The number of halogens is 1. The first kappa shape index (κ1) is 20.6. The fourth-order valence-electron chi connectivity index (χ4n) is 2.75. The average molecular weight is 410 g/mol. The zero-order chi connectivity index (χ0) is 20.6. The van der Waals surface area contributed by atoms with Crippen molar-refractivity contribution in [2.75, 3.05) is 11.1 Å². The lowest BCUT2D eigenvalue weighted by molar-refractivity contribution is -0.132. The maximum atomic E-state index is 13.1. The minimum absolute atomic E-state index is 0.177. The highest BCUT2D eigenvalue weighted by molar-refractivity contribution is 7.99. The molecule has 148 valence electrons. The molecule has 0 saturated carbocycles.